The van der Waals surface area contributed by atoms with Gasteiger partial charge in [-0.2, -0.15) is 0 Å². The van der Waals surface area contributed by atoms with Gasteiger partial charge in [0.2, 0.25) is 0 Å². The van der Waals surface area contributed by atoms with Crippen molar-refractivity contribution in [3.05, 3.63) is 35.9 Å². The summed E-state index contributed by atoms with van der Waals surface area (Å²) in [5, 5.41) is 3.30. The van der Waals surface area contributed by atoms with Gasteiger partial charge in [0.15, 0.2) is 0 Å². The maximum Gasteiger partial charge on any atom is 0.114 e. The highest BCUT2D eigenvalue weighted by Crippen LogP contribution is 2.42. The molecule has 0 aliphatic heterocycles. The molecule has 0 aromatic carbocycles. The molecule has 0 amide bonds. The molecule has 0 bridgehead atoms. The van der Waals surface area contributed by atoms with Crippen LogP contribution in [0.25, 0.3) is 11.4 Å². The van der Waals surface area contributed by atoms with Gasteiger partial charge >= 0.3 is 0 Å². The number of aromatic nitrogens is 3. The third kappa shape index (κ3) is 2.06. The zero-order valence-electron chi connectivity index (χ0n) is 11.5. The van der Waals surface area contributed by atoms with Crippen molar-refractivity contribution < 1.29 is 0 Å². The van der Waals surface area contributed by atoms with E-state index in [0.717, 1.165) is 29.5 Å². The van der Waals surface area contributed by atoms with Gasteiger partial charge in [0.05, 0.1) is 5.69 Å². The van der Waals surface area contributed by atoms with Gasteiger partial charge in [-0.15, -0.1) is 0 Å². The van der Waals surface area contributed by atoms with Crippen molar-refractivity contribution in [1.29, 1.82) is 0 Å². The van der Waals surface area contributed by atoms with E-state index in [9.17, 15) is 0 Å². The van der Waals surface area contributed by atoms with Crippen LogP contribution in [0, 0.1) is 6.92 Å². The smallest absolute Gasteiger partial charge is 0.114 e. The van der Waals surface area contributed by atoms with E-state index in [4.69, 9.17) is 4.98 Å². The highest BCUT2D eigenvalue weighted by Gasteiger charge is 2.41. The number of aromatic amines is 1. The van der Waals surface area contributed by atoms with Crippen LogP contribution in [0.4, 0.5) is 0 Å². The summed E-state index contributed by atoms with van der Waals surface area (Å²) in [5.74, 6) is 1.12. The third-order valence-corrected chi connectivity index (χ3v) is 4.12. The first-order valence-electron chi connectivity index (χ1n) is 6.88. The second-order valence-corrected chi connectivity index (χ2v) is 5.44. The zero-order valence-corrected chi connectivity index (χ0v) is 11.5. The van der Waals surface area contributed by atoms with Crippen LogP contribution < -0.4 is 5.32 Å². The maximum atomic E-state index is 4.83. The standard InChI is InChI=1S/C15H20N4/c1-11-13(12-6-3-4-9-17-12)19-14(18-11)15(10-16-2)7-5-8-15/h3-4,6,9,16H,5,7-8,10H2,1-2H3,(H,18,19). The van der Waals surface area contributed by atoms with Gasteiger partial charge in [0, 0.05) is 23.9 Å². The normalized spacial score (nSPS) is 17.2. The molecule has 1 aliphatic rings. The molecule has 4 nitrogen and oxygen atoms in total. The highest BCUT2D eigenvalue weighted by molar-refractivity contribution is 5.57. The summed E-state index contributed by atoms with van der Waals surface area (Å²) >= 11 is 0. The predicted octanol–water partition coefficient (Wildman–Crippen LogP) is 2.42. The molecule has 1 fully saturated rings. The monoisotopic (exact) mass is 256 g/mol. The molecule has 19 heavy (non-hydrogen) atoms. The van der Waals surface area contributed by atoms with Crippen LogP contribution in [0.3, 0.4) is 0 Å². The van der Waals surface area contributed by atoms with E-state index in [0.29, 0.717) is 0 Å². The Bertz CT molecular complexity index is 555. The fourth-order valence-electron chi connectivity index (χ4n) is 2.90. The number of imidazole rings is 1. The number of rotatable bonds is 4. The van der Waals surface area contributed by atoms with Gasteiger partial charge in [-0.3, -0.25) is 4.98 Å². The quantitative estimate of drug-likeness (QED) is 0.883. The lowest BCUT2D eigenvalue weighted by molar-refractivity contribution is 0.226. The topological polar surface area (TPSA) is 53.6 Å². The SMILES string of the molecule is CNCC1(c2nc(-c3ccccn3)c(C)[nH]2)CCC1. The molecular formula is C15H20N4. The van der Waals surface area contributed by atoms with Crippen LogP contribution >= 0.6 is 0 Å². The molecule has 1 saturated carbocycles. The molecule has 3 rings (SSSR count). The van der Waals surface area contributed by atoms with Crippen molar-refractivity contribution in [1.82, 2.24) is 20.3 Å². The second kappa shape index (κ2) is 4.78. The first-order valence-corrected chi connectivity index (χ1v) is 6.88. The number of likely N-dealkylation sites (N-methyl/N-ethyl adjacent to an activating group) is 1. The Morgan fingerprint density at radius 3 is 2.79 bits per heavy atom. The first kappa shape index (κ1) is 12.4. The van der Waals surface area contributed by atoms with Crippen LogP contribution in [0.1, 0.15) is 30.8 Å². The largest absolute Gasteiger partial charge is 0.345 e. The Labute approximate surface area is 113 Å². The Balaban J connectivity index is 1.98. The molecule has 1 aliphatic carbocycles. The molecule has 2 N–H and O–H groups in total. The minimum Gasteiger partial charge on any atom is -0.345 e. The van der Waals surface area contributed by atoms with E-state index in [1.165, 1.54) is 19.3 Å². The van der Waals surface area contributed by atoms with Gasteiger partial charge in [0.25, 0.3) is 0 Å². The summed E-state index contributed by atoms with van der Waals surface area (Å²) in [7, 11) is 2.01. The zero-order chi connectivity index (χ0) is 13.3. The van der Waals surface area contributed by atoms with E-state index >= 15 is 0 Å². The second-order valence-electron chi connectivity index (χ2n) is 5.44. The Kier molecular flexibility index (Phi) is 3.11. The first-order chi connectivity index (χ1) is 9.25. The highest BCUT2D eigenvalue weighted by atomic mass is 15.0. The van der Waals surface area contributed by atoms with Crippen molar-refractivity contribution in [2.75, 3.05) is 13.6 Å². The lowest BCUT2D eigenvalue weighted by Gasteiger charge is -2.40. The van der Waals surface area contributed by atoms with Gasteiger partial charge < -0.3 is 10.3 Å². The minimum absolute atomic E-state index is 0.201. The molecule has 0 atom stereocenters. The van der Waals surface area contributed by atoms with Crippen molar-refractivity contribution in [3.63, 3.8) is 0 Å². The number of nitrogens with one attached hydrogen (secondary N) is 2. The summed E-state index contributed by atoms with van der Waals surface area (Å²) in [6.07, 6.45) is 5.53. The fourth-order valence-corrected chi connectivity index (χ4v) is 2.90. The van der Waals surface area contributed by atoms with E-state index in [1.807, 2.05) is 31.4 Å². The van der Waals surface area contributed by atoms with Crippen LogP contribution in [0.15, 0.2) is 24.4 Å². The summed E-state index contributed by atoms with van der Waals surface area (Å²) in [4.78, 5) is 12.7. The average molecular weight is 256 g/mol. The average Bonchev–Trinajstić information content (AvgIpc) is 2.77. The van der Waals surface area contributed by atoms with Crippen LogP contribution in [-0.2, 0) is 5.41 Å². The van der Waals surface area contributed by atoms with Crippen molar-refractivity contribution in [2.24, 2.45) is 0 Å². The third-order valence-electron chi connectivity index (χ3n) is 4.12. The number of pyridine rings is 1. The van der Waals surface area contributed by atoms with Crippen molar-refractivity contribution in [2.45, 2.75) is 31.6 Å². The number of aryl methyl sites for hydroxylation is 1. The lowest BCUT2D eigenvalue weighted by atomic mass is 9.68. The summed E-state index contributed by atoms with van der Waals surface area (Å²) in [5.41, 5.74) is 3.24. The molecule has 0 spiro atoms. The van der Waals surface area contributed by atoms with Gasteiger partial charge in [0.1, 0.15) is 11.5 Å². The van der Waals surface area contributed by atoms with Crippen LogP contribution in [0.2, 0.25) is 0 Å². The summed E-state index contributed by atoms with van der Waals surface area (Å²) in [6.45, 7) is 3.06. The molecule has 2 aromatic heterocycles. The van der Waals surface area contributed by atoms with E-state index < -0.39 is 0 Å². The Morgan fingerprint density at radius 2 is 2.21 bits per heavy atom. The lowest BCUT2D eigenvalue weighted by Crippen LogP contribution is -2.43. The minimum atomic E-state index is 0.201. The number of hydrogen-bond acceptors (Lipinski definition) is 3. The number of hydrogen-bond donors (Lipinski definition) is 2. The molecule has 100 valence electrons. The number of nitrogens with zero attached hydrogens (tertiary/aromatic N) is 2. The molecule has 4 heteroatoms. The van der Waals surface area contributed by atoms with Crippen LogP contribution in [0.5, 0.6) is 0 Å². The molecule has 2 heterocycles. The number of H-pyrrole nitrogens is 1. The van der Waals surface area contributed by atoms with Crippen molar-refractivity contribution in [3.8, 4) is 11.4 Å². The van der Waals surface area contributed by atoms with E-state index in [2.05, 4.69) is 22.2 Å². The maximum absolute atomic E-state index is 4.83. The molecule has 0 saturated heterocycles. The summed E-state index contributed by atoms with van der Waals surface area (Å²) < 4.78 is 0. The van der Waals surface area contributed by atoms with E-state index in [-0.39, 0.29) is 5.41 Å². The van der Waals surface area contributed by atoms with Gasteiger partial charge in [-0.1, -0.05) is 12.5 Å². The Hall–Kier alpha value is -1.68. The Morgan fingerprint density at radius 1 is 1.37 bits per heavy atom. The van der Waals surface area contributed by atoms with Gasteiger partial charge in [-0.05, 0) is 38.9 Å². The van der Waals surface area contributed by atoms with Crippen LogP contribution in [-0.4, -0.2) is 28.5 Å². The van der Waals surface area contributed by atoms with Gasteiger partial charge in [-0.25, -0.2) is 4.98 Å². The molecule has 0 radical (unpaired) electrons. The van der Waals surface area contributed by atoms with E-state index in [1.54, 1.807) is 0 Å². The molecule has 0 unspecified atom stereocenters. The molecular weight excluding hydrogens is 236 g/mol. The fraction of sp³-hybridized carbons (Fsp3) is 0.467. The van der Waals surface area contributed by atoms with Crippen molar-refractivity contribution >= 4 is 0 Å². The molecule has 2 aromatic rings. The predicted molar refractivity (Wildman–Crippen MR) is 76.0 cm³/mol. The summed E-state index contributed by atoms with van der Waals surface area (Å²) in [6, 6.07) is 5.95.